The number of aliphatic carboxylic acids is 1. The number of ether oxygens (including phenoxy) is 1. The second-order valence-electron chi connectivity index (χ2n) is 4.97. The number of carboxylic acid groups (broad SMARTS) is 1. The number of carbonyl (C=O) groups is 2. The molecule has 2 rings (SSSR count). The summed E-state index contributed by atoms with van der Waals surface area (Å²) < 4.78 is 5.40. The molecule has 20 heavy (non-hydrogen) atoms. The average Bonchev–Trinajstić information content (AvgIpc) is 2.37. The lowest BCUT2D eigenvalue weighted by Gasteiger charge is -2.38. The Kier molecular flexibility index (Phi) is 3.67. The van der Waals surface area contributed by atoms with E-state index in [-0.39, 0.29) is 18.9 Å². The number of anilines is 1. The summed E-state index contributed by atoms with van der Waals surface area (Å²) >= 11 is 0. The molecule has 6 nitrogen and oxygen atoms in total. The van der Waals surface area contributed by atoms with E-state index in [0.29, 0.717) is 23.6 Å². The number of fused-ring (bicyclic) bond motifs is 1. The van der Waals surface area contributed by atoms with Gasteiger partial charge in [0.05, 0.1) is 13.2 Å². The lowest BCUT2D eigenvalue weighted by molar-refractivity contribution is -0.143. The van der Waals surface area contributed by atoms with Crippen LogP contribution in [0.5, 0.6) is 5.75 Å². The maximum atomic E-state index is 11.7. The zero-order valence-electron chi connectivity index (χ0n) is 11.5. The van der Waals surface area contributed by atoms with Crippen LogP contribution in [-0.4, -0.2) is 35.7 Å². The molecule has 3 N–H and O–H groups in total. The molecule has 0 radical (unpaired) electrons. The molecule has 0 fully saturated rings. The van der Waals surface area contributed by atoms with E-state index in [2.05, 4.69) is 0 Å². The van der Waals surface area contributed by atoms with Crippen molar-refractivity contribution in [1.82, 2.24) is 0 Å². The van der Waals surface area contributed by atoms with Crippen molar-refractivity contribution >= 4 is 17.6 Å². The van der Waals surface area contributed by atoms with Crippen LogP contribution in [0.4, 0.5) is 5.69 Å². The average molecular weight is 278 g/mol. The SMILES string of the molecule is CCOc1ccc2c(c1)CC(N)(C(=O)O)CN2C(C)=O. The Morgan fingerprint density at radius 1 is 1.50 bits per heavy atom. The van der Waals surface area contributed by atoms with Crippen molar-refractivity contribution in [2.45, 2.75) is 25.8 Å². The van der Waals surface area contributed by atoms with E-state index >= 15 is 0 Å². The molecule has 0 aliphatic carbocycles. The number of nitrogens with zero attached hydrogens (tertiary/aromatic N) is 1. The van der Waals surface area contributed by atoms with E-state index in [1.165, 1.54) is 11.8 Å². The smallest absolute Gasteiger partial charge is 0.325 e. The van der Waals surface area contributed by atoms with Gasteiger partial charge < -0.3 is 20.5 Å². The summed E-state index contributed by atoms with van der Waals surface area (Å²) in [5, 5.41) is 9.30. The molecule has 1 amide bonds. The fraction of sp³-hybridized carbons (Fsp3) is 0.429. The van der Waals surface area contributed by atoms with Crippen molar-refractivity contribution in [3.8, 4) is 5.75 Å². The lowest BCUT2D eigenvalue weighted by atomic mass is 9.86. The molecule has 1 aromatic rings. The largest absolute Gasteiger partial charge is 0.494 e. The van der Waals surface area contributed by atoms with Gasteiger partial charge in [0.25, 0.3) is 0 Å². The van der Waals surface area contributed by atoms with Crippen molar-refractivity contribution in [1.29, 1.82) is 0 Å². The maximum Gasteiger partial charge on any atom is 0.325 e. The molecule has 1 unspecified atom stereocenters. The van der Waals surface area contributed by atoms with Crippen molar-refractivity contribution in [2.75, 3.05) is 18.1 Å². The summed E-state index contributed by atoms with van der Waals surface area (Å²) in [7, 11) is 0. The molecule has 0 spiro atoms. The van der Waals surface area contributed by atoms with Crippen LogP contribution >= 0.6 is 0 Å². The Balaban J connectivity index is 2.48. The zero-order chi connectivity index (χ0) is 14.9. The van der Waals surface area contributed by atoms with Crippen molar-refractivity contribution < 1.29 is 19.4 Å². The van der Waals surface area contributed by atoms with Gasteiger partial charge in [-0.15, -0.1) is 0 Å². The first kappa shape index (κ1) is 14.3. The number of benzene rings is 1. The van der Waals surface area contributed by atoms with Gasteiger partial charge in [-0.1, -0.05) is 0 Å². The van der Waals surface area contributed by atoms with Crippen molar-refractivity contribution in [3.63, 3.8) is 0 Å². The number of carbonyl (C=O) groups excluding carboxylic acids is 1. The Labute approximate surface area is 117 Å². The highest BCUT2D eigenvalue weighted by atomic mass is 16.5. The highest BCUT2D eigenvalue weighted by Crippen LogP contribution is 2.33. The number of amides is 1. The summed E-state index contributed by atoms with van der Waals surface area (Å²) in [6.45, 7) is 3.75. The molecule has 0 aromatic heterocycles. The first-order chi connectivity index (χ1) is 9.37. The van der Waals surface area contributed by atoms with Crippen LogP contribution in [0.15, 0.2) is 18.2 Å². The Hall–Kier alpha value is -2.08. The number of nitrogens with two attached hydrogens (primary N) is 1. The van der Waals surface area contributed by atoms with Gasteiger partial charge in [0.15, 0.2) is 0 Å². The maximum absolute atomic E-state index is 11.7. The highest BCUT2D eigenvalue weighted by molar-refractivity contribution is 5.96. The summed E-state index contributed by atoms with van der Waals surface area (Å²) in [6, 6.07) is 5.28. The van der Waals surface area contributed by atoms with Crippen molar-refractivity contribution in [2.24, 2.45) is 5.73 Å². The van der Waals surface area contributed by atoms with Gasteiger partial charge in [-0.3, -0.25) is 9.59 Å². The molecule has 0 bridgehead atoms. The van der Waals surface area contributed by atoms with Gasteiger partial charge in [-0.05, 0) is 30.7 Å². The van der Waals surface area contributed by atoms with E-state index in [4.69, 9.17) is 10.5 Å². The minimum atomic E-state index is -1.47. The molecular weight excluding hydrogens is 260 g/mol. The first-order valence-electron chi connectivity index (χ1n) is 6.43. The second-order valence-corrected chi connectivity index (χ2v) is 4.97. The molecule has 1 aliphatic heterocycles. The number of hydrogen-bond acceptors (Lipinski definition) is 4. The van der Waals surface area contributed by atoms with Crippen LogP contribution in [0.2, 0.25) is 0 Å². The Morgan fingerprint density at radius 2 is 2.20 bits per heavy atom. The highest BCUT2D eigenvalue weighted by Gasteiger charge is 2.42. The van der Waals surface area contributed by atoms with E-state index in [1.807, 2.05) is 6.92 Å². The van der Waals surface area contributed by atoms with Crippen molar-refractivity contribution in [3.05, 3.63) is 23.8 Å². The number of rotatable bonds is 3. The predicted octanol–water partition coefficient (Wildman–Crippen LogP) is 0.776. The molecule has 108 valence electrons. The minimum absolute atomic E-state index is 0.0291. The van der Waals surface area contributed by atoms with Gasteiger partial charge in [0, 0.05) is 19.0 Å². The van der Waals surface area contributed by atoms with E-state index in [0.717, 1.165) is 0 Å². The van der Waals surface area contributed by atoms with E-state index < -0.39 is 11.5 Å². The third-order valence-electron chi connectivity index (χ3n) is 3.40. The predicted molar refractivity (Wildman–Crippen MR) is 73.9 cm³/mol. The van der Waals surface area contributed by atoms with Crippen LogP contribution in [0.3, 0.4) is 0 Å². The van der Waals surface area contributed by atoms with Crippen LogP contribution in [0.1, 0.15) is 19.4 Å². The van der Waals surface area contributed by atoms with Crippen LogP contribution < -0.4 is 15.4 Å². The third kappa shape index (κ3) is 2.46. The van der Waals surface area contributed by atoms with Crippen LogP contribution in [0, 0.1) is 0 Å². The van der Waals surface area contributed by atoms with Gasteiger partial charge in [-0.25, -0.2) is 0 Å². The Morgan fingerprint density at radius 3 is 2.75 bits per heavy atom. The number of carboxylic acids is 1. The minimum Gasteiger partial charge on any atom is -0.494 e. The molecule has 1 atom stereocenters. The summed E-state index contributed by atoms with van der Waals surface area (Å²) in [6.07, 6.45) is 0.169. The summed E-state index contributed by atoms with van der Waals surface area (Å²) in [5.74, 6) is -0.702. The van der Waals surface area contributed by atoms with Gasteiger partial charge in [0.2, 0.25) is 5.91 Å². The monoisotopic (exact) mass is 278 g/mol. The standard InChI is InChI=1S/C14H18N2O4/c1-3-20-11-4-5-12-10(6-11)7-14(15,13(18)19)8-16(12)9(2)17/h4-6H,3,7-8,15H2,1-2H3,(H,18,19). The van der Waals surface area contributed by atoms with Gasteiger partial charge in [0.1, 0.15) is 11.3 Å². The second kappa shape index (κ2) is 5.13. The van der Waals surface area contributed by atoms with E-state index in [9.17, 15) is 14.7 Å². The van der Waals surface area contributed by atoms with E-state index in [1.54, 1.807) is 18.2 Å². The molecule has 0 saturated carbocycles. The summed E-state index contributed by atoms with van der Waals surface area (Å²) in [4.78, 5) is 24.5. The summed E-state index contributed by atoms with van der Waals surface area (Å²) in [5.41, 5.74) is 5.87. The zero-order valence-corrected chi connectivity index (χ0v) is 11.5. The molecular formula is C14H18N2O4. The molecule has 1 heterocycles. The number of hydrogen-bond donors (Lipinski definition) is 2. The normalized spacial score (nSPS) is 21.2. The quantitative estimate of drug-likeness (QED) is 0.852. The lowest BCUT2D eigenvalue weighted by Crippen LogP contribution is -2.61. The third-order valence-corrected chi connectivity index (χ3v) is 3.40. The Bertz CT molecular complexity index is 558. The first-order valence-corrected chi connectivity index (χ1v) is 6.43. The molecule has 6 heteroatoms. The topological polar surface area (TPSA) is 92.9 Å². The molecule has 1 aromatic carbocycles. The fourth-order valence-corrected chi connectivity index (χ4v) is 2.41. The van der Waals surface area contributed by atoms with Gasteiger partial charge in [-0.2, -0.15) is 0 Å². The van der Waals surface area contributed by atoms with Gasteiger partial charge >= 0.3 is 5.97 Å². The van der Waals surface area contributed by atoms with Crippen LogP contribution in [-0.2, 0) is 16.0 Å². The molecule has 1 aliphatic rings. The fourth-order valence-electron chi connectivity index (χ4n) is 2.41. The molecule has 0 saturated heterocycles. The van der Waals surface area contributed by atoms with Crippen LogP contribution in [0.25, 0.3) is 0 Å².